The highest BCUT2D eigenvalue weighted by atomic mass is 16.4. The van der Waals surface area contributed by atoms with Gasteiger partial charge in [-0.15, -0.1) is 0 Å². The molecule has 156 valence electrons. The molecule has 4 rings (SSSR count). The van der Waals surface area contributed by atoms with Crippen LogP contribution in [0.5, 0.6) is 0 Å². The minimum absolute atomic E-state index is 0.175. The van der Waals surface area contributed by atoms with Gasteiger partial charge in [-0.25, -0.2) is 4.79 Å². The summed E-state index contributed by atoms with van der Waals surface area (Å²) in [4.78, 5) is 24.8. The Hall–Kier alpha value is -3.86. The summed E-state index contributed by atoms with van der Waals surface area (Å²) in [6.45, 7) is 6.37. The van der Waals surface area contributed by atoms with Crippen LogP contribution in [0.1, 0.15) is 32.6 Å². The first-order valence-corrected chi connectivity index (χ1v) is 10.2. The summed E-state index contributed by atoms with van der Waals surface area (Å²) >= 11 is 0. The fourth-order valence-electron chi connectivity index (χ4n) is 3.54. The lowest BCUT2D eigenvalue weighted by molar-refractivity contribution is 0.102. The van der Waals surface area contributed by atoms with E-state index in [0.29, 0.717) is 17.7 Å². The molecular weight excluding hydrogens is 388 g/mol. The van der Waals surface area contributed by atoms with Crippen LogP contribution in [0.25, 0.3) is 11.0 Å². The summed E-state index contributed by atoms with van der Waals surface area (Å²) in [6.07, 6.45) is 0. The van der Waals surface area contributed by atoms with Crippen LogP contribution in [-0.2, 0) is 6.54 Å². The maximum absolute atomic E-state index is 12.6. The molecule has 0 spiro atoms. The maximum Gasteiger partial charge on any atom is 0.336 e. The van der Waals surface area contributed by atoms with Crippen molar-refractivity contribution in [3.8, 4) is 0 Å². The molecule has 1 aromatic heterocycles. The van der Waals surface area contributed by atoms with E-state index < -0.39 is 0 Å². The molecule has 3 aromatic carbocycles. The molecule has 31 heavy (non-hydrogen) atoms. The molecule has 2 N–H and O–H groups in total. The van der Waals surface area contributed by atoms with Gasteiger partial charge >= 0.3 is 5.63 Å². The van der Waals surface area contributed by atoms with E-state index in [1.807, 2.05) is 75.4 Å². The van der Waals surface area contributed by atoms with Crippen LogP contribution in [0.3, 0.4) is 0 Å². The zero-order valence-corrected chi connectivity index (χ0v) is 17.8. The van der Waals surface area contributed by atoms with Gasteiger partial charge in [-0.05, 0) is 67.3 Å². The van der Waals surface area contributed by atoms with Crippen LogP contribution in [0, 0.1) is 20.8 Å². The van der Waals surface area contributed by atoms with E-state index >= 15 is 0 Å². The predicted octanol–water partition coefficient (Wildman–Crippen LogP) is 5.58. The maximum atomic E-state index is 12.6. The number of hydrogen-bond donors (Lipinski definition) is 2. The van der Waals surface area contributed by atoms with Gasteiger partial charge in [0.25, 0.3) is 5.91 Å². The van der Waals surface area contributed by atoms with E-state index in [2.05, 4.69) is 10.6 Å². The fraction of sp³-hybridized carbons (Fsp3) is 0.154. The van der Waals surface area contributed by atoms with Gasteiger partial charge in [0, 0.05) is 34.9 Å². The van der Waals surface area contributed by atoms with Crippen molar-refractivity contribution >= 4 is 28.3 Å². The second-order valence-corrected chi connectivity index (χ2v) is 7.68. The molecule has 0 aliphatic carbocycles. The van der Waals surface area contributed by atoms with Crippen LogP contribution in [-0.4, -0.2) is 5.91 Å². The Labute approximate surface area is 180 Å². The summed E-state index contributed by atoms with van der Waals surface area (Å²) in [6, 6.07) is 20.4. The minimum atomic E-state index is -0.370. The van der Waals surface area contributed by atoms with Crippen molar-refractivity contribution in [2.75, 3.05) is 10.6 Å². The molecular formula is C26H24N2O3. The van der Waals surface area contributed by atoms with Crippen molar-refractivity contribution in [2.24, 2.45) is 0 Å². The van der Waals surface area contributed by atoms with Gasteiger partial charge in [0.1, 0.15) is 5.58 Å². The molecule has 1 heterocycles. The van der Waals surface area contributed by atoms with Crippen molar-refractivity contribution in [1.82, 2.24) is 0 Å². The van der Waals surface area contributed by atoms with Crippen LogP contribution in [0.2, 0.25) is 0 Å². The van der Waals surface area contributed by atoms with Gasteiger partial charge in [0.2, 0.25) is 0 Å². The topological polar surface area (TPSA) is 71.3 Å². The molecule has 0 saturated carbocycles. The van der Waals surface area contributed by atoms with Crippen molar-refractivity contribution < 1.29 is 9.21 Å². The van der Waals surface area contributed by atoms with E-state index in [-0.39, 0.29) is 11.5 Å². The van der Waals surface area contributed by atoms with Crippen molar-refractivity contribution in [3.63, 3.8) is 0 Å². The molecule has 0 saturated heterocycles. The van der Waals surface area contributed by atoms with Crippen LogP contribution >= 0.6 is 0 Å². The van der Waals surface area contributed by atoms with Crippen molar-refractivity contribution in [1.29, 1.82) is 0 Å². The van der Waals surface area contributed by atoms with E-state index in [9.17, 15) is 9.59 Å². The monoisotopic (exact) mass is 412 g/mol. The van der Waals surface area contributed by atoms with Gasteiger partial charge in [0.05, 0.1) is 0 Å². The normalized spacial score (nSPS) is 10.8. The van der Waals surface area contributed by atoms with Gasteiger partial charge < -0.3 is 15.1 Å². The number of fused-ring (bicyclic) bond motifs is 1. The minimum Gasteiger partial charge on any atom is -0.422 e. The molecule has 5 nitrogen and oxygen atoms in total. The Morgan fingerprint density at radius 3 is 2.42 bits per heavy atom. The third kappa shape index (κ3) is 4.36. The van der Waals surface area contributed by atoms with Crippen molar-refractivity contribution in [3.05, 3.63) is 105 Å². The smallest absolute Gasteiger partial charge is 0.336 e. The van der Waals surface area contributed by atoms with Gasteiger partial charge in [-0.3, -0.25) is 4.79 Å². The highest BCUT2D eigenvalue weighted by Gasteiger charge is 2.12. The van der Waals surface area contributed by atoms with Crippen LogP contribution < -0.4 is 16.3 Å². The van der Waals surface area contributed by atoms with E-state index in [4.69, 9.17) is 4.42 Å². The summed E-state index contributed by atoms with van der Waals surface area (Å²) in [7, 11) is 0. The number of carbonyl (C=O) groups is 1. The number of rotatable bonds is 5. The Balaban J connectivity index is 1.59. The summed E-state index contributed by atoms with van der Waals surface area (Å²) in [5.41, 5.74) is 6.30. The third-order valence-electron chi connectivity index (χ3n) is 5.52. The molecule has 4 aromatic rings. The SMILES string of the molecule is Cc1ccc(C(=O)Nc2ccccc2)cc1NCc1cc(=O)oc2c(C)c(C)ccc12. The molecule has 0 bridgehead atoms. The van der Waals surface area contributed by atoms with Gasteiger partial charge in [-0.2, -0.15) is 0 Å². The van der Waals surface area contributed by atoms with Gasteiger partial charge in [0.15, 0.2) is 0 Å². The standard InChI is InChI=1S/C26H24N2O3/c1-16-10-12-22-20(14-24(29)31-25(22)18(16)3)15-27-23-13-19(11-9-17(23)2)26(30)28-21-7-5-4-6-8-21/h4-14,27H,15H2,1-3H3,(H,28,30). The molecule has 0 atom stereocenters. The molecule has 0 fully saturated rings. The Bertz CT molecular complexity index is 1320. The van der Waals surface area contributed by atoms with Crippen molar-refractivity contribution in [2.45, 2.75) is 27.3 Å². The second-order valence-electron chi connectivity index (χ2n) is 7.68. The highest BCUT2D eigenvalue weighted by Crippen LogP contribution is 2.25. The van der Waals surface area contributed by atoms with Crippen LogP contribution in [0.15, 0.2) is 75.9 Å². The number of amides is 1. The second kappa shape index (κ2) is 8.48. The lowest BCUT2D eigenvalue weighted by Gasteiger charge is -2.14. The number of para-hydroxylation sites is 1. The fourth-order valence-corrected chi connectivity index (χ4v) is 3.54. The van der Waals surface area contributed by atoms with E-state index in [1.54, 1.807) is 6.07 Å². The van der Waals surface area contributed by atoms with Crippen LogP contribution in [0.4, 0.5) is 11.4 Å². The quantitative estimate of drug-likeness (QED) is 0.420. The molecule has 0 aliphatic rings. The molecule has 1 amide bonds. The lowest BCUT2D eigenvalue weighted by atomic mass is 10.0. The number of hydrogen-bond acceptors (Lipinski definition) is 4. The number of benzene rings is 3. The first-order valence-electron chi connectivity index (χ1n) is 10.2. The average Bonchev–Trinajstić information content (AvgIpc) is 2.76. The average molecular weight is 412 g/mol. The highest BCUT2D eigenvalue weighted by molar-refractivity contribution is 6.04. The summed E-state index contributed by atoms with van der Waals surface area (Å²) in [5, 5.41) is 7.19. The predicted molar refractivity (Wildman–Crippen MR) is 125 cm³/mol. The van der Waals surface area contributed by atoms with Gasteiger partial charge in [-0.1, -0.05) is 36.4 Å². The Morgan fingerprint density at radius 2 is 1.65 bits per heavy atom. The summed E-state index contributed by atoms with van der Waals surface area (Å²) < 4.78 is 5.46. The number of carbonyl (C=O) groups excluding carboxylic acids is 1. The first-order chi connectivity index (χ1) is 14.9. The molecule has 0 radical (unpaired) electrons. The zero-order chi connectivity index (χ0) is 22.0. The summed E-state index contributed by atoms with van der Waals surface area (Å²) in [5.74, 6) is -0.175. The third-order valence-corrected chi connectivity index (χ3v) is 5.52. The van der Waals surface area contributed by atoms with E-state index in [0.717, 1.165) is 39.0 Å². The first kappa shape index (κ1) is 20.4. The van der Waals surface area contributed by atoms with E-state index in [1.165, 1.54) is 6.07 Å². The lowest BCUT2D eigenvalue weighted by Crippen LogP contribution is -2.13. The molecule has 0 aliphatic heterocycles. The number of anilines is 2. The largest absolute Gasteiger partial charge is 0.422 e. The number of aryl methyl sites for hydroxylation is 3. The molecule has 5 heteroatoms. The Kier molecular flexibility index (Phi) is 5.58. The number of nitrogens with one attached hydrogen (secondary N) is 2. The zero-order valence-electron chi connectivity index (χ0n) is 17.8. The molecule has 0 unspecified atom stereocenters. The Morgan fingerprint density at radius 1 is 0.903 bits per heavy atom.